The molecule has 1 atom stereocenters. The molecule has 0 spiro atoms. The van der Waals surface area contributed by atoms with E-state index in [0.29, 0.717) is 35.4 Å². The van der Waals surface area contributed by atoms with Crippen LogP contribution >= 0.6 is 0 Å². The molecule has 2 aromatic heterocycles. The first kappa shape index (κ1) is 15.4. The lowest BCUT2D eigenvalue weighted by atomic mass is 10.2. The molecule has 2 aliphatic heterocycles. The normalized spacial score (nSPS) is 23.3. The van der Waals surface area contributed by atoms with Crippen molar-refractivity contribution in [2.24, 2.45) is 0 Å². The lowest BCUT2D eigenvalue weighted by Gasteiger charge is -2.28. The lowest BCUT2D eigenvalue weighted by molar-refractivity contribution is 0.265. The van der Waals surface area contributed by atoms with Gasteiger partial charge in [0.15, 0.2) is 11.6 Å². The molecule has 3 aliphatic rings. The van der Waals surface area contributed by atoms with E-state index in [1.54, 1.807) is 6.33 Å². The average Bonchev–Trinajstić information content (AvgIpc) is 3.07. The summed E-state index contributed by atoms with van der Waals surface area (Å²) >= 11 is -1.08. The lowest BCUT2D eigenvalue weighted by Crippen LogP contribution is -2.35. The van der Waals surface area contributed by atoms with Crippen molar-refractivity contribution >= 4 is 22.9 Å². The minimum Gasteiger partial charge on any atom is -0.611 e. The second kappa shape index (κ2) is 5.55. The molecule has 5 rings (SSSR count). The highest BCUT2D eigenvalue weighted by molar-refractivity contribution is 7.91. The maximum absolute atomic E-state index is 12.4. The number of anilines is 2. The van der Waals surface area contributed by atoms with Crippen LogP contribution in [0, 0.1) is 0 Å². The number of hydrogen-bond donors (Lipinski definition) is 2. The van der Waals surface area contributed by atoms with E-state index in [9.17, 15) is 9.66 Å². The van der Waals surface area contributed by atoms with Crippen molar-refractivity contribution in [2.75, 3.05) is 29.1 Å². The third kappa shape index (κ3) is 2.55. The van der Waals surface area contributed by atoms with Crippen molar-refractivity contribution in [1.29, 1.82) is 0 Å². The molecule has 2 N–H and O–H groups in total. The summed E-state index contributed by atoms with van der Waals surface area (Å²) in [5, 5.41) is 21.1. The maximum atomic E-state index is 12.4. The van der Waals surface area contributed by atoms with Crippen molar-refractivity contribution in [3.63, 3.8) is 0 Å². The van der Waals surface area contributed by atoms with Gasteiger partial charge in [0, 0.05) is 19.5 Å². The fourth-order valence-corrected chi connectivity index (χ4v) is 4.68. The van der Waals surface area contributed by atoms with Gasteiger partial charge >= 0.3 is 0 Å². The summed E-state index contributed by atoms with van der Waals surface area (Å²) in [6, 6.07) is 0. The number of rotatable bonds is 4. The highest BCUT2D eigenvalue weighted by Crippen LogP contribution is 2.41. The number of aliphatic hydroxyl groups is 1. The molecule has 0 radical (unpaired) electrons. The molecule has 10 heteroatoms. The fraction of sp³-hybridized carbons (Fsp3) is 0.600. The molecule has 0 bridgehead atoms. The molecular weight excluding hydrogens is 342 g/mol. The Kier molecular flexibility index (Phi) is 3.41. The number of aliphatic hydroxyl groups excluding tert-OH is 1. The fourth-order valence-electron chi connectivity index (χ4n) is 3.37. The van der Waals surface area contributed by atoms with Gasteiger partial charge in [-0.25, -0.2) is 4.98 Å². The van der Waals surface area contributed by atoms with Gasteiger partial charge in [-0.1, -0.05) is 0 Å². The zero-order valence-corrected chi connectivity index (χ0v) is 14.5. The SMILES string of the molecule is [O-][S+]1CCc2nc(N3CCn4cnnc4C3)nc(NC3(CO)CC3)c21. The van der Waals surface area contributed by atoms with E-state index in [0.717, 1.165) is 37.4 Å². The van der Waals surface area contributed by atoms with Crippen LogP contribution in [0.5, 0.6) is 0 Å². The first-order valence-electron chi connectivity index (χ1n) is 8.47. The first-order valence-corrected chi connectivity index (χ1v) is 9.79. The Morgan fingerprint density at radius 3 is 3.00 bits per heavy atom. The molecular formula is C15H19N7O2S. The van der Waals surface area contributed by atoms with Crippen LogP contribution in [0.1, 0.15) is 24.4 Å². The van der Waals surface area contributed by atoms with E-state index in [2.05, 4.69) is 25.4 Å². The van der Waals surface area contributed by atoms with E-state index < -0.39 is 11.2 Å². The molecule has 2 aromatic rings. The number of fused-ring (bicyclic) bond motifs is 2. The van der Waals surface area contributed by atoms with Crippen LogP contribution in [-0.2, 0) is 30.7 Å². The van der Waals surface area contributed by atoms with Gasteiger partial charge < -0.3 is 24.4 Å². The molecule has 0 aromatic carbocycles. The van der Waals surface area contributed by atoms with E-state index in [1.165, 1.54) is 0 Å². The Morgan fingerprint density at radius 2 is 2.20 bits per heavy atom. The van der Waals surface area contributed by atoms with E-state index >= 15 is 0 Å². The van der Waals surface area contributed by atoms with Gasteiger partial charge in [-0.2, -0.15) is 4.98 Å². The highest BCUT2D eigenvalue weighted by atomic mass is 32.2. The summed E-state index contributed by atoms with van der Waals surface area (Å²) in [6.07, 6.45) is 4.24. The van der Waals surface area contributed by atoms with E-state index in [1.807, 2.05) is 4.57 Å². The van der Waals surface area contributed by atoms with Crippen molar-refractivity contribution < 1.29 is 9.66 Å². The van der Waals surface area contributed by atoms with Gasteiger partial charge in [0.05, 0.1) is 18.7 Å². The topological polar surface area (TPSA) is 115 Å². The third-order valence-corrected chi connectivity index (χ3v) is 6.60. The molecule has 4 heterocycles. The van der Waals surface area contributed by atoms with Gasteiger partial charge in [0.25, 0.3) is 0 Å². The molecule has 25 heavy (non-hydrogen) atoms. The number of aryl methyl sites for hydroxylation is 1. The minimum atomic E-state index is -1.08. The molecule has 1 unspecified atom stereocenters. The van der Waals surface area contributed by atoms with Crippen molar-refractivity contribution in [2.45, 2.75) is 42.8 Å². The van der Waals surface area contributed by atoms with E-state index in [-0.39, 0.29) is 12.1 Å². The highest BCUT2D eigenvalue weighted by Gasteiger charge is 2.45. The molecule has 1 saturated carbocycles. The van der Waals surface area contributed by atoms with Crippen LogP contribution in [0.3, 0.4) is 0 Å². The summed E-state index contributed by atoms with van der Waals surface area (Å²) in [4.78, 5) is 12.2. The van der Waals surface area contributed by atoms with Crippen LogP contribution in [0.2, 0.25) is 0 Å². The second-order valence-corrected chi connectivity index (χ2v) is 8.38. The maximum Gasteiger partial charge on any atom is 0.228 e. The Hall–Kier alpha value is -1.91. The Balaban J connectivity index is 1.51. The van der Waals surface area contributed by atoms with Crippen molar-refractivity contribution in [1.82, 2.24) is 24.7 Å². The summed E-state index contributed by atoms with van der Waals surface area (Å²) in [6.45, 7) is 2.22. The third-order valence-electron chi connectivity index (χ3n) is 5.14. The number of aromatic nitrogens is 5. The minimum absolute atomic E-state index is 0.0561. The Morgan fingerprint density at radius 1 is 1.32 bits per heavy atom. The van der Waals surface area contributed by atoms with E-state index in [4.69, 9.17) is 4.98 Å². The average molecular weight is 361 g/mol. The van der Waals surface area contributed by atoms with Gasteiger partial charge in [-0.05, 0) is 24.0 Å². The van der Waals surface area contributed by atoms with Crippen molar-refractivity contribution in [3.05, 3.63) is 17.8 Å². The zero-order chi connectivity index (χ0) is 17.0. The summed E-state index contributed by atoms with van der Waals surface area (Å²) in [5.74, 6) is 2.72. The standard InChI is InChI=1S/C15H19N7O2S/c23-8-15(2-3-15)19-13-12-10(1-6-25(12)24)17-14(18-13)21-4-5-22-9-16-20-11(22)7-21/h9,23H,1-8H2,(H,17,18,19). The van der Waals surface area contributed by atoms with Crippen LogP contribution in [0.4, 0.5) is 11.8 Å². The molecule has 0 saturated heterocycles. The van der Waals surface area contributed by atoms with Crippen LogP contribution < -0.4 is 10.2 Å². The summed E-state index contributed by atoms with van der Waals surface area (Å²) in [7, 11) is 0. The Bertz CT molecular complexity index is 822. The first-order chi connectivity index (χ1) is 12.2. The van der Waals surface area contributed by atoms with Crippen LogP contribution in [0.25, 0.3) is 0 Å². The van der Waals surface area contributed by atoms with Crippen LogP contribution in [-0.4, -0.2) is 58.8 Å². The predicted molar refractivity (Wildman–Crippen MR) is 90.8 cm³/mol. The Labute approximate surface area is 147 Å². The molecule has 132 valence electrons. The second-order valence-electron chi connectivity index (χ2n) is 6.87. The quantitative estimate of drug-likeness (QED) is 0.713. The van der Waals surface area contributed by atoms with Gasteiger partial charge in [0.1, 0.15) is 17.8 Å². The summed E-state index contributed by atoms with van der Waals surface area (Å²) in [5.41, 5.74) is 0.542. The largest absolute Gasteiger partial charge is 0.611 e. The van der Waals surface area contributed by atoms with Crippen LogP contribution in [0.15, 0.2) is 11.2 Å². The number of hydrogen-bond acceptors (Lipinski definition) is 8. The smallest absolute Gasteiger partial charge is 0.228 e. The number of nitrogens with one attached hydrogen (secondary N) is 1. The van der Waals surface area contributed by atoms with Gasteiger partial charge in [-0.15, -0.1) is 10.2 Å². The number of nitrogens with zero attached hydrogens (tertiary/aromatic N) is 6. The van der Waals surface area contributed by atoms with Crippen molar-refractivity contribution in [3.8, 4) is 0 Å². The zero-order valence-electron chi connectivity index (χ0n) is 13.7. The predicted octanol–water partition coefficient (Wildman–Crippen LogP) is -0.311. The molecule has 9 nitrogen and oxygen atoms in total. The summed E-state index contributed by atoms with van der Waals surface area (Å²) < 4.78 is 14.4. The van der Waals surface area contributed by atoms with Gasteiger partial charge in [-0.3, -0.25) is 0 Å². The molecule has 0 amide bonds. The monoisotopic (exact) mass is 361 g/mol. The van der Waals surface area contributed by atoms with Gasteiger partial charge in [0.2, 0.25) is 10.8 Å². The molecule has 1 aliphatic carbocycles. The molecule has 1 fully saturated rings.